The van der Waals surface area contributed by atoms with Crippen molar-refractivity contribution in [1.82, 2.24) is 10.2 Å². The quantitative estimate of drug-likeness (QED) is 0.484. The fourth-order valence-electron chi connectivity index (χ4n) is 1.58. The zero-order chi connectivity index (χ0) is 13.3. The summed E-state index contributed by atoms with van der Waals surface area (Å²) in [4.78, 5) is 14.4. The molecule has 0 aliphatic rings. The normalized spacial score (nSPS) is 12.5. The molecule has 0 aliphatic heterocycles. The zero-order valence-electron chi connectivity index (χ0n) is 11.2. The van der Waals surface area contributed by atoms with E-state index in [1.165, 1.54) is 0 Å². The SMILES string of the molecule is CCCCNC(=O)C(C)N(CC)CCC(N)=S. The molecule has 100 valence electrons. The van der Waals surface area contributed by atoms with Crippen LogP contribution in [0.2, 0.25) is 0 Å². The van der Waals surface area contributed by atoms with E-state index in [1.807, 2.05) is 13.8 Å². The number of rotatable bonds is 9. The Morgan fingerprint density at radius 1 is 1.47 bits per heavy atom. The molecular formula is C12H25N3OS. The van der Waals surface area contributed by atoms with Crippen molar-refractivity contribution in [1.29, 1.82) is 0 Å². The van der Waals surface area contributed by atoms with Gasteiger partial charge in [-0.05, 0) is 19.9 Å². The van der Waals surface area contributed by atoms with Crippen molar-refractivity contribution in [3.05, 3.63) is 0 Å². The molecule has 4 nitrogen and oxygen atoms in total. The molecule has 1 atom stereocenters. The van der Waals surface area contributed by atoms with Crippen LogP contribution >= 0.6 is 12.2 Å². The van der Waals surface area contributed by atoms with Crippen LogP contribution in [0.25, 0.3) is 0 Å². The average molecular weight is 259 g/mol. The Labute approximate surface area is 110 Å². The number of nitrogens with two attached hydrogens (primary N) is 1. The molecule has 0 bridgehead atoms. The molecule has 0 heterocycles. The lowest BCUT2D eigenvalue weighted by atomic mass is 10.2. The average Bonchev–Trinajstić information content (AvgIpc) is 2.29. The van der Waals surface area contributed by atoms with Gasteiger partial charge in [0.2, 0.25) is 5.91 Å². The van der Waals surface area contributed by atoms with E-state index in [4.69, 9.17) is 18.0 Å². The first-order valence-corrected chi connectivity index (χ1v) is 6.73. The molecule has 0 aromatic heterocycles. The summed E-state index contributed by atoms with van der Waals surface area (Å²) in [6.45, 7) is 8.39. The number of amides is 1. The number of hydrogen-bond acceptors (Lipinski definition) is 3. The molecule has 5 heteroatoms. The van der Waals surface area contributed by atoms with Crippen molar-refractivity contribution in [3.8, 4) is 0 Å². The van der Waals surface area contributed by atoms with Crippen LogP contribution in [0, 0.1) is 0 Å². The van der Waals surface area contributed by atoms with E-state index in [0.717, 1.165) is 32.5 Å². The number of carbonyl (C=O) groups excluding carboxylic acids is 1. The Balaban J connectivity index is 4.08. The molecular weight excluding hydrogens is 234 g/mol. The van der Waals surface area contributed by atoms with E-state index < -0.39 is 0 Å². The lowest BCUT2D eigenvalue weighted by Crippen LogP contribution is -2.46. The standard InChI is InChI=1S/C12H25N3OS/c1-4-6-8-14-12(16)10(3)15(5-2)9-7-11(13)17/h10H,4-9H2,1-3H3,(H2,13,17)(H,14,16). The van der Waals surface area contributed by atoms with Crippen molar-refractivity contribution < 1.29 is 4.79 Å². The van der Waals surface area contributed by atoms with Crippen molar-refractivity contribution in [2.75, 3.05) is 19.6 Å². The third-order valence-corrected chi connectivity index (χ3v) is 3.01. The van der Waals surface area contributed by atoms with Crippen molar-refractivity contribution in [2.24, 2.45) is 5.73 Å². The number of nitrogens with one attached hydrogen (secondary N) is 1. The lowest BCUT2D eigenvalue weighted by Gasteiger charge is -2.26. The highest BCUT2D eigenvalue weighted by Gasteiger charge is 2.19. The molecule has 0 radical (unpaired) electrons. The van der Waals surface area contributed by atoms with Gasteiger partial charge in [-0.25, -0.2) is 0 Å². The Hall–Kier alpha value is -0.680. The summed E-state index contributed by atoms with van der Waals surface area (Å²) in [5, 5.41) is 2.94. The molecule has 0 saturated heterocycles. The minimum absolute atomic E-state index is 0.0863. The molecule has 0 aromatic rings. The molecule has 0 aliphatic carbocycles. The third kappa shape index (κ3) is 7.28. The predicted octanol–water partition coefficient (Wildman–Crippen LogP) is 1.29. The summed E-state index contributed by atoms with van der Waals surface area (Å²) >= 11 is 4.85. The summed E-state index contributed by atoms with van der Waals surface area (Å²) < 4.78 is 0. The van der Waals surface area contributed by atoms with E-state index in [1.54, 1.807) is 0 Å². The molecule has 0 aromatic carbocycles. The van der Waals surface area contributed by atoms with Crippen LogP contribution in [0.15, 0.2) is 0 Å². The molecule has 0 rings (SSSR count). The van der Waals surface area contributed by atoms with Gasteiger partial charge in [-0.3, -0.25) is 9.69 Å². The minimum atomic E-state index is -0.119. The second kappa shape index (κ2) is 9.36. The van der Waals surface area contributed by atoms with Gasteiger partial charge in [0.1, 0.15) is 0 Å². The topological polar surface area (TPSA) is 58.4 Å². The van der Waals surface area contributed by atoms with Gasteiger partial charge in [0.15, 0.2) is 0 Å². The molecule has 1 amide bonds. The van der Waals surface area contributed by atoms with Crippen molar-refractivity contribution in [3.63, 3.8) is 0 Å². The fourth-order valence-corrected chi connectivity index (χ4v) is 1.67. The highest BCUT2D eigenvalue weighted by molar-refractivity contribution is 7.80. The first-order valence-electron chi connectivity index (χ1n) is 6.32. The summed E-state index contributed by atoms with van der Waals surface area (Å²) in [6, 6.07) is -0.119. The number of unbranched alkanes of at least 4 members (excludes halogenated alkanes) is 1. The number of nitrogens with zero attached hydrogens (tertiary/aromatic N) is 1. The van der Waals surface area contributed by atoms with Crippen LogP contribution in [-0.2, 0) is 4.79 Å². The van der Waals surface area contributed by atoms with E-state index in [-0.39, 0.29) is 11.9 Å². The largest absolute Gasteiger partial charge is 0.393 e. The molecule has 17 heavy (non-hydrogen) atoms. The zero-order valence-corrected chi connectivity index (χ0v) is 12.0. The number of likely N-dealkylation sites (N-methyl/N-ethyl adjacent to an activating group) is 1. The Morgan fingerprint density at radius 3 is 2.59 bits per heavy atom. The number of carbonyl (C=O) groups is 1. The van der Waals surface area contributed by atoms with E-state index in [0.29, 0.717) is 11.4 Å². The van der Waals surface area contributed by atoms with E-state index >= 15 is 0 Å². The maximum Gasteiger partial charge on any atom is 0.237 e. The van der Waals surface area contributed by atoms with Crippen LogP contribution in [0.3, 0.4) is 0 Å². The minimum Gasteiger partial charge on any atom is -0.393 e. The van der Waals surface area contributed by atoms with Crippen molar-refractivity contribution in [2.45, 2.75) is 46.1 Å². The number of thiocarbonyl (C=S) groups is 1. The smallest absolute Gasteiger partial charge is 0.237 e. The summed E-state index contributed by atoms with van der Waals surface area (Å²) in [6.07, 6.45) is 2.78. The van der Waals surface area contributed by atoms with Crippen LogP contribution < -0.4 is 11.1 Å². The predicted molar refractivity (Wildman–Crippen MR) is 76.0 cm³/mol. The Kier molecular flexibility index (Phi) is 8.99. The molecule has 3 N–H and O–H groups in total. The number of hydrogen-bond donors (Lipinski definition) is 2. The van der Waals surface area contributed by atoms with Gasteiger partial charge in [0.25, 0.3) is 0 Å². The Bertz CT molecular complexity index is 246. The van der Waals surface area contributed by atoms with Gasteiger partial charge in [-0.15, -0.1) is 0 Å². The monoisotopic (exact) mass is 259 g/mol. The summed E-state index contributed by atoms with van der Waals surface area (Å²) in [7, 11) is 0. The fraction of sp³-hybridized carbons (Fsp3) is 0.833. The van der Waals surface area contributed by atoms with Gasteiger partial charge in [-0.2, -0.15) is 0 Å². The first kappa shape index (κ1) is 16.3. The van der Waals surface area contributed by atoms with Gasteiger partial charge in [0.05, 0.1) is 11.0 Å². The maximum atomic E-state index is 11.8. The molecule has 0 saturated carbocycles. The van der Waals surface area contributed by atoms with Gasteiger partial charge < -0.3 is 11.1 Å². The van der Waals surface area contributed by atoms with Crippen LogP contribution in [-0.4, -0.2) is 41.5 Å². The third-order valence-electron chi connectivity index (χ3n) is 2.81. The molecule has 0 fully saturated rings. The van der Waals surface area contributed by atoms with Gasteiger partial charge in [0, 0.05) is 19.5 Å². The lowest BCUT2D eigenvalue weighted by molar-refractivity contribution is -0.125. The second-order valence-electron chi connectivity index (χ2n) is 4.17. The maximum absolute atomic E-state index is 11.8. The Morgan fingerprint density at radius 2 is 2.12 bits per heavy atom. The van der Waals surface area contributed by atoms with Crippen LogP contribution in [0.4, 0.5) is 0 Å². The van der Waals surface area contributed by atoms with Crippen LogP contribution in [0.5, 0.6) is 0 Å². The van der Waals surface area contributed by atoms with Crippen molar-refractivity contribution >= 4 is 23.1 Å². The highest BCUT2D eigenvalue weighted by atomic mass is 32.1. The summed E-state index contributed by atoms with van der Waals surface area (Å²) in [5.74, 6) is 0.0863. The molecule has 1 unspecified atom stereocenters. The second-order valence-corrected chi connectivity index (χ2v) is 4.69. The highest BCUT2D eigenvalue weighted by Crippen LogP contribution is 2.01. The first-order chi connectivity index (χ1) is 8.02. The van der Waals surface area contributed by atoms with Gasteiger partial charge in [-0.1, -0.05) is 32.5 Å². The van der Waals surface area contributed by atoms with E-state index in [2.05, 4.69) is 17.1 Å². The molecule has 0 spiro atoms. The van der Waals surface area contributed by atoms with E-state index in [9.17, 15) is 4.79 Å². The summed E-state index contributed by atoms with van der Waals surface area (Å²) in [5.41, 5.74) is 5.47. The van der Waals surface area contributed by atoms with Gasteiger partial charge >= 0.3 is 0 Å². The van der Waals surface area contributed by atoms with Crippen LogP contribution in [0.1, 0.15) is 40.0 Å².